The number of benzene rings is 1. The minimum Gasteiger partial charge on any atom is -0.474 e. The summed E-state index contributed by atoms with van der Waals surface area (Å²) in [7, 11) is 0. The molecule has 0 unspecified atom stereocenters. The van der Waals surface area contributed by atoms with E-state index in [1.54, 1.807) is 12.1 Å². The number of hydrogen-bond donors (Lipinski definition) is 2. The number of halogens is 2. The first-order chi connectivity index (χ1) is 6.91. The minimum atomic E-state index is -1.52. The first kappa shape index (κ1) is 12.2. The molecule has 0 aromatic heterocycles. The minimum absolute atomic E-state index is 0.410. The van der Waals surface area contributed by atoms with Crippen molar-refractivity contribution >= 4 is 49.4 Å². The standard InChI is InChI=1S/C9H7Br2NO3/c1-4-2-5(10)7(6(11)3-4)12-8(13)9(14)15/h2-3H,1H3,(H,12,13)(H,14,15). The number of carboxylic acid groups (broad SMARTS) is 1. The van der Waals surface area contributed by atoms with Crippen LogP contribution >= 0.6 is 31.9 Å². The molecule has 4 nitrogen and oxygen atoms in total. The highest BCUT2D eigenvalue weighted by atomic mass is 79.9. The Morgan fingerprint density at radius 1 is 1.27 bits per heavy atom. The van der Waals surface area contributed by atoms with Crippen LogP contribution in [0.2, 0.25) is 0 Å². The molecule has 2 N–H and O–H groups in total. The van der Waals surface area contributed by atoms with Gasteiger partial charge in [0.05, 0.1) is 5.69 Å². The number of anilines is 1. The molecule has 0 bridgehead atoms. The predicted molar refractivity (Wildman–Crippen MR) is 62.8 cm³/mol. The van der Waals surface area contributed by atoms with Crippen LogP contribution in [0.25, 0.3) is 0 Å². The molecule has 0 saturated carbocycles. The molecule has 1 rings (SSSR count). The van der Waals surface area contributed by atoms with Crippen molar-refractivity contribution in [3.05, 3.63) is 26.6 Å². The number of carbonyl (C=O) groups is 2. The Balaban J connectivity index is 3.05. The van der Waals surface area contributed by atoms with Crippen molar-refractivity contribution in [2.24, 2.45) is 0 Å². The fourth-order valence-electron chi connectivity index (χ4n) is 0.986. The van der Waals surface area contributed by atoms with Gasteiger partial charge >= 0.3 is 11.9 Å². The van der Waals surface area contributed by atoms with Crippen LogP contribution in [0.4, 0.5) is 5.69 Å². The lowest BCUT2D eigenvalue weighted by atomic mass is 10.2. The number of nitrogens with one attached hydrogen (secondary N) is 1. The van der Waals surface area contributed by atoms with Crippen LogP contribution < -0.4 is 5.32 Å². The summed E-state index contributed by atoms with van der Waals surface area (Å²) in [4.78, 5) is 21.3. The van der Waals surface area contributed by atoms with Crippen molar-refractivity contribution in [3.63, 3.8) is 0 Å². The molecule has 0 heterocycles. The molecule has 0 radical (unpaired) electrons. The van der Waals surface area contributed by atoms with Gasteiger partial charge in [-0.1, -0.05) is 0 Å². The van der Waals surface area contributed by atoms with Crippen molar-refractivity contribution in [1.29, 1.82) is 0 Å². The summed E-state index contributed by atoms with van der Waals surface area (Å²) >= 11 is 6.48. The Bertz CT molecular complexity index is 408. The largest absolute Gasteiger partial charge is 0.474 e. The van der Waals surface area contributed by atoms with Crippen molar-refractivity contribution in [3.8, 4) is 0 Å². The molecule has 80 valence electrons. The van der Waals surface area contributed by atoms with E-state index in [0.29, 0.717) is 14.6 Å². The van der Waals surface area contributed by atoms with E-state index < -0.39 is 11.9 Å². The van der Waals surface area contributed by atoms with Gasteiger partial charge in [-0.3, -0.25) is 4.79 Å². The molecule has 0 aliphatic heterocycles. The first-order valence-electron chi connectivity index (χ1n) is 3.91. The van der Waals surface area contributed by atoms with Crippen LogP contribution in [0, 0.1) is 6.92 Å². The van der Waals surface area contributed by atoms with Crippen molar-refractivity contribution < 1.29 is 14.7 Å². The zero-order valence-electron chi connectivity index (χ0n) is 7.67. The third-order valence-electron chi connectivity index (χ3n) is 1.62. The highest BCUT2D eigenvalue weighted by Crippen LogP contribution is 2.32. The molecule has 6 heteroatoms. The average Bonchev–Trinajstić information content (AvgIpc) is 2.10. The summed E-state index contributed by atoms with van der Waals surface area (Å²) < 4.78 is 1.26. The second-order valence-corrected chi connectivity index (χ2v) is 4.57. The second-order valence-electron chi connectivity index (χ2n) is 2.86. The van der Waals surface area contributed by atoms with Gasteiger partial charge in [0.25, 0.3) is 0 Å². The number of rotatable bonds is 1. The van der Waals surface area contributed by atoms with E-state index in [0.717, 1.165) is 5.56 Å². The summed E-state index contributed by atoms with van der Waals surface area (Å²) in [5, 5.41) is 10.7. The van der Waals surface area contributed by atoms with E-state index in [-0.39, 0.29) is 0 Å². The highest BCUT2D eigenvalue weighted by molar-refractivity contribution is 9.11. The molecule has 1 aromatic carbocycles. The lowest BCUT2D eigenvalue weighted by Gasteiger charge is -2.08. The van der Waals surface area contributed by atoms with Crippen LogP contribution in [-0.4, -0.2) is 17.0 Å². The smallest absolute Gasteiger partial charge is 0.394 e. The molecule has 0 spiro atoms. The molecule has 0 aliphatic rings. The molecule has 0 atom stereocenters. The normalized spacial score (nSPS) is 9.80. The van der Waals surface area contributed by atoms with Gasteiger partial charge in [0.2, 0.25) is 0 Å². The Kier molecular flexibility index (Phi) is 3.87. The zero-order valence-corrected chi connectivity index (χ0v) is 10.8. The fraction of sp³-hybridized carbons (Fsp3) is 0.111. The Morgan fingerprint density at radius 3 is 2.13 bits per heavy atom. The first-order valence-corrected chi connectivity index (χ1v) is 5.50. The van der Waals surface area contributed by atoms with E-state index in [1.165, 1.54) is 0 Å². The maximum Gasteiger partial charge on any atom is 0.394 e. The van der Waals surface area contributed by atoms with Gasteiger partial charge in [-0.15, -0.1) is 0 Å². The molecule has 1 amide bonds. The van der Waals surface area contributed by atoms with Crippen molar-refractivity contribution in [1.82, 2.24) is 0 Å². The van der Waals surface area contributed by atoms with E-state index in [4.69, 9.17) is 5.11 Å². The third kappa shape index (κ3) is 3.04. The van der Waals surface area contributed by atoms with E-state index in [2.05, 4.69) is 37.2 Å². The van der Waals surface area contributed by atoms with Crippen molar-refractivity contribution in [2.45, 2.75) is 6.92 Å². The number of amides is 1. The van der Waals surface area contributed by atoms with Gasteiger partial charge in [-0.25, -0.2) is 4.79 Å². The monoisotopic (exact) mass is 335 g/mol. The topological polar surface area (TPSA) is 66.4 Å². The SMILES string of the molecule is Cc1cc(Br)c(NC(=O)C(=O)O)c(Br)c1. The van der Waals surface area contributed by atoms with E-state index in [9.17, 15) is 9.59 Å². The summed E-state index contributed by atoms with van der Waals surface area (Å²) in [6.07, 6.45) is 0. The number of carbonyl (C=O) groups excluding carboxylic acids is 1. The van der Waals surface area contributed by atoms with Crippen LogP contribution in [0.1, 0.15) is 5.56 Å². The average molecular weight is 337 g/mol. The predicted octanol–water partition coefficient (Wildman–Crippen LogP) is 2.54. The molecular weight excluding hydrogens is 330 g/mol. The Labute approximate surface area is 103 Å². The van der Waals surface area contributed by atoms with Crippen LogP contribution in [0.5, 0.6) is 0 Å². The van der Waals surface area contributed by atoms with Crippen molar-refractivity contribution in [2.75, 3.05) is 5.32 Å². The summed E-state index contributed by atoms with van der Waals surface area (Å²) in [6.45, 7) is 1.89. The third-order valence-corrected chi connectivity index (χ3v) is 2.87. The Hall–Kier alpha value is -0.880. The quantitative estimate of drug-likeness (QED) is 0.774. The summed E-state index contributed by atoms with van der Waals surface area (Å²) in [6, 6.07) is 3.56. The second kappa shape index (κ2) is 4.76. The van der Waals surface area contributed by atoms with Gasteiger partial charge in [0, 0.05) is 8.95 Å². The highest BCUT2D eigenvalue weighted by Gasteiger charge is 2.15. The molecular formula is C9H7Br2NO3. The lowest BCUT2D eigenvalue weighted by molar-refractivity contribution is -0.147. The maximum absolute atomic E-state index is 10.9. The van der Waals surface area contributed by atoms with Gasteiger partial charge in [-0.2, -0.15) is 0 Å². The molecule has 0 saturated heterocycles. The summed E-state index contributed by atoms with van der Waals surface area (Å²) in [5.41, 5.74) is 1.40. The lowest BCUT2D eigenvalue weighted by Crippen LogP contribution is -2.22. The van der Waals surface area contributed by atoms with E-state index in [1.807, 2.05) is 6.92 Å². The van der Waals surface area contributed by atoms with Gasteiger partial charge < -0.3 is 10.4 Å². The number of aryl methyl sites for hydroxylation is 1. The van der Waals surface area contributed by atoms with Crippen LogP contribution in [-0.2, 0) is 9.59 Å². The molecule has 15 heavy (non-hydrogen) atoms. The zero-order chi connectivity index (χ0) is 11.6. The molecule has 0 aliphatic carbocycles. The number of carboxylic acids is 1. The fourth-order valence-corrected chi connectivity index (χ4v) is 2.60. The number of hydrogen-bond acceptors (Lipinski definition) is 2. The van der Waals surface area contributed by atoms with Gasteiger partial charge in [0.1, 0.15) is 0 Å². The van der Waals surface area contributed by atoms with Gasteiger partial charge in [0.15, 0.2) is 0 Å². The molecule has 0 fully saturated rings. The van der Waals surface area contributed by atoms with E-state index >= 15 is 0 Å². The Morgan fingerprint density at radius 2 is 1.73 bits per heavy atom. The molecule has 1 aromatic rings. The van der Waals surface area contributed by atoms with Crippen LogP contribution in [0.15, 0.2) is 21.1 Å². The van der Waals surface area contributed by atoms with Crippen LogP contribution in [0.3, 0.4) is 0 Å². The maximum atomic E-state index is 10.9. The van der Waals surface area contributed by atoms with Gasteiger partial charge in [-0.05, 0) is 56.5 Å². The summed E-state index contributed by atoms with van der Waals surface area (Å²) in [5.74, 6) is -2.59. The number of aliphatic carboxylic acids is 1.